The van der Waals surface area contributed by atoms with Gasteiger partial charge in [0.25, 0.3) is 0 Å². The standard InChI is InChI=1S/C16H26N2O/c1-5-12-7-9-13(10-8-12)14(6-2)18-15(11(3)4)16(17)19/h7-11,14-15,18H,5-6H2,1-4H3,(H2,17,19). The molecule has 1 aromatic rings. The summed E-state index contributed by atoms with van der Waals surface area (Å²) in [6.07, 6.45) is 1.97. The maximum absolute atomic E-state index is 11.5. The molecule has 0 heterocycles. The van der Waals surface area contributed by atoms with Crippen molar-refractivity contribution >= 4 is 5.91 Å². The maximum atomic E-state index is 11.5. The molecule has 3 N–H and O–H groups in total. The SMILES string of the molecule is CCc1ccc(C(CC)NC(C(N)=O)C(C)C)cc1. The molecule has 0 bridgehead atoms. The van der Waals surface area contributed by atoms with Crippen molar-refractivity contribution in [2.24, 2.45) is 11.7 Å². The first-order valence-electron chi connectivity index (χ1n) is 7.13. The van der Waals surface area contributed by atoms with Crippen LogP contribution in [0.3, 0.4) is 0 Å². The Labute approximate surface area is 116 Å². The summed E-state index contributed by atoms with van der Waals surface area (Å²) in [4.78, 5) is 11.5. The molecule has 3 heteroatoms. The highest BCUT2D eigenvalue weighted by atomic mass is 16.1. The Kier molecular flexibility index (Phi) is 6.03. The molecule has 0 spiro atoms. The van der Waals surface area contributed by atoms with Crippen LogP contribution in [0.5, 0.6) is 0 Å². The number of carbonyl (C=O) groups is 1. The molecule has 2 atom stereocenters. The molecule has 1 amide bonds. The highest BCUT2D eigenvalue weighted by Gasteiger charge is 2.22. The molecule has 0 radical (unpaired) electrons. The van der Waals surface area contributed by atoms with E-state index in [1.54, 1.807) is 0 Å². The fourth-order valence-corrected chi connectivity index (χ4v) is 2.26. The van der Waals surface area contributed by atoms with E-state index in [0.717, 1.165) is 12.8 Å². The van der Waals surface area contributed by atoms with Crippen LogP contribution in [0.4, 0.5) is 0 Å². The van der Waals surface area contributed by atoms with Gasteiger partial charge in [-0.3, -0.25) is 10.1 Å². The highest BCUT2D eigenvalue weighted by Crippen LogP contribution is 2.19. The summed E-state index contributed by atoms with van der Waals surface area (Å²) < 4.78 is 0. The van der Waals surface area contributed by atoms with Gasteiger partial charge in [0.1, 0.15) is 0 Å². The Balaban J connectivity index is 2.84. The van der Waals surface area contributed by atoms with Crippen LogP contribution < -0.4 is 11.1 Å². The second kappa shape index (κ2) is 7.29. The Morgan fingerprint density at radius 1 is 1.21 bits per heavy atom. The molecular formula is C16H26N2O. The Morgan fingerprint density at radius 2 is 1.79 bits per heavy atom. The summed E-state index contributed by atoms with van der Waals surface area (Å²) in [5.41, 5.74) is 8.01. The van der Waals surface area contributed by atoms with Gasteiger partial charge in [-0.05, 0) is 29.9 Å². The number of hydrogen-bond acceptors (Lipinski definition) is 2. The average molecular weight is 262 g/mol. The number of nitrogens with one attached hydrogen (secondary N) is 1. The van der Waals surface area contributed by atoms with Crippen LogP contribution in [0, 0.1) is 5.92 Å². The zero-order chi connectivity index (χ0) is 14.4. The third-order valence-electron chi connectivity index (χ3n) is 3.55. The van der Waals surface area contributed by atoms with Crippen molar-refractivity contribution in [3.05, 3.63) is 35.4 Å². The van der Waals surface area contributed by atoms with E-state index in [1.165, 1.54) is 11.1 Å². The van der Waals surface area contributed by atoms with Gasteiger partial charge in [-0.2, -0.15) is 0 Å². The summed E-state index contributed by atoms with van der Waals surface area (Å²) in [6, 6.07) is 8.46. The van der Waals surface area contributed by atoms with Crippen molar-refractivity contribution in [2.75, 3.05) is 0 Å². The number of rotatable bonds is 7. The first-order valence-corrected chi connectivity index (χ1v) is 7.13. The molecule has 1 aromatic carbocycles. The lowest BCUT2D eigenvalue weighted by molar-refractivity contribution is -0.121. The summed E-state index contributed by atoms with van der Waals surface area (Å²) in [5, 5.41) is 3.38. The van der Waals surface area contributed by atoms with E-state index in [0.29, 0.717) is 0 Å². The van der Waals surface area contributed by atoms with Crippen LogP contribution in [-0.4, -0.2) is 11.9 Å². The molecule has 0 saturated heterocycles. The molecule has 0 saturated carbocycles. The predicted molar refractivity (Wildman–Crippen MR) is 79.8 cm³/mol. The average Bonchev–Trinajstić information content (AvgIpc) is 2.39. The molecular weight excluding hydrogens is 236 g/mol. The summed E-state index contributed by atoms with van der Waals surface area (Å²) in [5.74, 6) is -0.0832. The predicted octanol–water partition coefficient (Wildman–Crippen LogP) is 2.80. The van der Waals surface area contributed by atoms with Gasteiger partial charge in [-0.1, -0.05) is 52.0 Å². The quantitative estimate of drug-likeness (QED) is 0.794. The van der Waals surface area contributed by atoms with Crippen molar-refractivity contribution < 1.29 is 4.79 Å². The fourth-order valence-electron chi connectivity index (χ4n) is 2.26. The molecule has 19 heavy (non-hydrogen) atoms. The second-order valence-corrected chi connectivity index (χ2v) is 5.35. The van der Waals surface area contributed by atoms with Crippen LogP contribution >= 0.6 is 0 Å². The van der Waals surface area contributed by atoms with Crippen molar-refractivity contribution in [1.29, 1.82) is 0 Å². The minimum atomic E-state index is -0.282. The molecule has 0 aliphatic heterocycles. The molecule has 1 rings (SSSR count). The summed E-state index contributed by atoms with van der Waals surface area (Å²) in [7, 11) is 0. The van der Waals surface area contributed by atoms with Crippen molar-refractivity contribution in [3.8, 4) is 0 Å². The van der Waals surface area contributed by atoms with Gasteiger partial charge in [-0.25, -0.2) is 0 Å². The zero-order valence-electron chi connectivity index (χ0n) is 12.4. The van der Waals surface area contributed by atoms with Gasteiger partial charge in [-0.15, -0.1) is 0 Å². The molecule has 0 aliphatic rings. The van der Waals surface area contributed by atoms with E-state index in [1.807, 2.05) is 13.8 Å². The molecule has 0 aliphatic carbocycles. The molecule has 0 fully saturated rings. The maximum Gasteiger partial charge on any atom is 0.234 e. The van der Waals surface area contributed by atoms with Crippen molar-refractivity contribution in [1.82, 2.24) is 5.32 Å². The van der Waals surface area contributed by atoms with Crippen LogP contribution in [0.15, 0.2) is 24.3 Å². The highest BCUT2D eigenvalue weighted by molar-refractivity contribution is 5.80. The van der Waals surface area contributed by atoms with Crippen molar-refractivity contribution in [2.45, 2.75) is 52.6 Å². The minimum Gasteiger partial charge on any atom is -0.368 e. The van der Waals surface area contributed by atoms with Gasteiger partial charge >= 0.3 is 0 Å². The largest absolute Gasteiger partial charge is 0.368 e. The minimum absolute atomic E-state index is 0.172. The number of primary amides is 1. The van der Waals surface area contributed by atoms with Crippen molar-refractivity contribution in [3.63, 3.8) is 0 Å². The van der Waals surface area contributed by atoms with Crippen LogP contribution in [0.25, 0.3) is 0 Å². The Hall–Kier alpha value is -1.35. The number of nitrogens with two attached hydrogens (primary N) is 1. The summed E-state index contributed by atoms with van der Waals surface area (Å²) >= 11 is 0. The topological polar surface area (TPSA) is 55.1 Å². The fraction of sp³-hybridized carbons (Fsp3) is 0.562. The Bertz CT molecular complexity index is 398. The molecule has 2 unspecified atom stereocenters. The lowest BCUT2D eigenvalue weighted by atomic mass is 9.97. The first kappa shape index (κ1) is 15.7. The second-order valence-electron chi connectivity index (χ2n) is 5.35. The van der Waals surface area contributed by atoms with Gasteiger partial charge < -0.3 is 5.73 Å². The van der Waals surface area contributed by atoms with Gasteiger partial charge in [0.2, 0.25) is 5.91 Å². The third kappa shape index (κ3) is 4.35. The smallest absolute Gasteiger partial charge is 0.234 e. The summed E-state index contributed by atoms with van der Waals surface area (Å²) in [6.45, 7) is 8.28. The number of aryl methyl sites for hydroxylation is 1. The lowest BCUT2D eigenvalue weighted by Gasteiger charge is -2.26. The number of hydrogen-bond donors (Lipinski definition) is 2. The molecule has 3 nitrogen and oxygen atoms in total. The Morgan fingerprint density at radius 3 is 2.16 bits per heavy atom. The van der Waals surface area contributed by atoms with Crippen LogP contribution in [-0.2, 0) is 11.2 Å². The normalized spacial score (nSPS) is 14.4. The van der Waals surface area contributed by atoms with Crippen LogP contribution in [0.2, 0.25) is 0 Å². The van der Waals surface area contributed by atoms with E-state index in [4.69, 9.17) is 5.73 Å². The van der Waals surface area contributed by atoms with E-state index in [2.05, 4.69) is 43.4 Å². The van der Waals surface area contributed by atoms with Gasteiger partial charge in [0.15, 0.2) is 0 Å². The van der Waals surface area contributed by atoms with E-state index in [-0.39, 0.29) is 23.9 Å². The zero-order valence-corrected chi connectivity index (χ0v) is 12.4. The number of benzene rings is 1. The number of amides is 1. The van der Waals surface area contributed by atoms with E-state index >= 15 is 0 Å². The molecule has 0 aromatic heterocycles. The van der Waals surface area contributed by atoms with Crippen LogP contribution in [0.1, 0.15) is 51.3 Å². The van der Waals surface area contributed by atoms with Gasteiger partial charge in [0, 0.05) is 6.04 Å². The monoisotopic (exact) mass is 262 g/mol. The van der Waals surface area contributed by atoms with E-state index in [9.17, 15) is 4.79 Å². The lowest BCUT2D eigenvalue weighted by Crippen LogP contribution is -2.46. The molecule has 106 valence electrons. The number of carbonyl (C=O) groups excluding carboxylic acids is 1. The van der Waals surface area contributed by atoms with E-state index < -0.39 is 0 Å². The first-order chi connectivity index (χ1) is 8.99. The third-order valence-corrected chi connectivity index (χ3v) is 3.55. The van der Waals surface area contributed by atoms with Gasteiger partial charge in [0.05, 0.1) is 6.04 Å².